The van der Waals surface area contributed by atoms with Crippen LogP contribution in [-0.2, 0) is 14.8 Å². The molecule has 0 radical (unpaired) electrons. The third-order valence-corrected chi connectivity index (χ3v) is 5.30. The van der Waals surface area contributed by atoms with Gasteiger partial charge in [-0.2, -0.15) is 8.42 Å². The molecule has 2 N–H and O–H groups in total. The summed E-state index contributed by atoms with van der Waals surface area (Å²) in [4.78, 5) is 26.7. The molecule has 0 saturated heterocycles. The Morgan fingerprint density at radius 1 is 1.41 bits per heavy atom. The van der Waals surface area contributed by atoms with E-state index in [1.165, 1.54) is 15.9 Å². The number of anilines is 2. The predicted molar refractivity (Wildman–Crippen MR) is 103 cm³/mol. The largest absolute Gasteiger partial charge is 0.478 e. The van der Waals surface area contributed by atoms with Crippen LogP contribution >= 0.6 is 0 Å². The van der Waals surface area contributed by atoms with Crippen LogP contribution in [0.15, 0.2) is 21.4 Å². The lowest BCUT2D eigenvalue weighted by atomic mass is 10.1. The van der Waals surface area contributed by atoms with Crippen LogP contribution in [0.1, 0.15) is 37.0 Å². The summed E-state index contributed by atoms with van der Waals surface area (Å²) in [5.41, 5.74) is 0.210. The first-order chi connectivity index (χ1) is 12.6. The van der Waals surface area contributed by atoms with E-state index in [9.17, 15) is 23.1 Å². The minimum atomic E-state index is -4.17. The molecule has 2 rings (SSSR count). The standard InChI is InChI=1S/C17H24N4O5S/c1-5-6-7-21-13-8-12(17(23)24)9-14(15(13)19-11(2)16(21)22)27(25,26)18-10-20(3)4/h8-11,19H,5-7H2,1-4H3,(H,23,24)/b18-10+/t11-/m1/s1. The highest BCUT2D eigenvalue weighted by Gasteiger charge is 2.34. The van der Waals surface area contributed by atoms with Gasteiger partial charge in [0.15, 0.2) is 0 Å². The first-order valence-electron chi connectivity index (χ1n) is 8.54. The van der Waals surface area contributed by atoms with E-state index in [-0.39, 0.29) is 27.7 Å². The fraction of sp³-hybridized carbons (Fsp3) is 0.471. The molecule has 1 heterocycles. The van der Waals surface area contributed by atoms with Gasteiger partial charge in [0.25, 0.3) is 10.0 Å². The second kappa shape index (κ2) is 7.95. The van der Waals surface area contributed by atoms with Gasteiger partial charge in [0.1, 0.15) is 17.3 Å². The number of hydrogen-bond donors (Lipinski definition) is 2. The zero-order valence-electron chi connectivity index (χ0n) is 15.8. The number of nitrogens with zero attached hydrogens (tertiary/aromatic N) is 3. The number of sulfonamides is 1. The number of unbranched alkanes of at least 4 members (excludes halogenated alkanes) is 1. The van der Waals surface area contributed by atoms with Gasteiger partial charge in [0.2, 0.25) is 5.91 Å². The third kappa shape index (κ3) is 4.38. The molecular formula is C17H24N4O5S. The molecule has 1 amide bonds. The minimum absolute atomic E-state index is 0.194. The lowest BCUT2D eigenvalue weighted by Gasteiger charge is -2.35. The van der Waals surface area contributed by atoms with Crippen molar-refractivity contribution >= 4 is 39.6 Å². The summed E-state index contributed by atoms with van der Waals surface area (Å²) in [5.74, 6) is -1.52. The van der Waals surface area contributed by atoms with E-state index in [0.29, 0.717) is 13.0 Å². The molecule has 0 aromatic heterocycles. The summed E-state index contributed by atoms with van der Waals surface area (Å²) >= 11 is 0. The predicted octanol–water partition coefficient (Wildman–Crippen LogP) is 1.61. The maximum Gasteiger partial charge on any atom is 0.335 e. The van der Waals surface area contributed by atoms with Crippen LogP contribution in [0.25, 0.3) is 0 Å². The summed E-state index contributed by atoms with van der Waals surface area (Å²) in [7, 11) is -0.936. The molecule has 148 valence electrons. The third-order valence-electron chi connectivity index (χ3n) is 4.05. The molecule has 9 nitrogen and oxygen atoms in total. The van der Waals surface area contributed by atoms with Gasteiger partial charge >= 0.3 is 5.97 Å². The topological polar surface area (TPSA) is 119 Å². The second-order valence-corrected chi connectivity index (χ2v) is 8.14. The number of hydrogen-bond acceptors (Lipinski definition) is 5. The smallest absolute Gasteiger partial charge is 0.335 e. The Morgan fingerprint density at radius 3 is 2.63 bits per heavy atom. The Bertz CT molecular complexity index is 880. The molecule has 27 heavy (non-hydrogen) atoms. The van der Waals surface area contributed by atoms with Crippen molar-refractivity contribution in [2.45, 2.75) is 37.6 Å². The number of benzene rings is 1. The molecule has 0 saturated carbocycles. The van der Waals surface area contributed by atoms with Gasteiger partial charge in [-0.05, 0) is 25.5 Å². The Kier molecular flexibility index (Phi) is 6.09. The molecule has 0 fully saturated rings. The van der Waals surface area contributed by atoms with E-state index in [1.54, 1.807) is 21.0 Å². The second-order valence-electron chi connectivity index (χ2n) is 6.54. The van der Waals surface area contributed by atoms with Gasteiger partial charge in [0, 0.05) is 20.6 Å². The quantitative estimate of drug-likeness (QED) is 0.531. The van der Waals surface area contributed by atoms with E-state index in [4.69, 9.17) is 0 Å². The van der Waals surface area contributed by atoms with Crippen LogP contribution in [0.2, 0.25) is 0 Å². The van der Waals surface area contributed by atoms with Crippen molar-refractivity contribution in [1.82, 2.24) is 4.90 Å². The highest BCUT2D eigenvalue weighted by molar-refractivity contribution is 7.90. The van der Waals surface area contributed by atoms with Crippen LogP contribution in [-0.4, -0.2) is 63.3 Å². The number of carboxylic acid groups (broad SMARTS) is 1. The van der Waals surface area contributed by atoms with Crippen molar-refractivity contribution in [2.75, 3.05) is 30.9 Å². The van der Waals surface area contributed by atoms with Crippen LogP contribution in [0.3, 0.4) is 0 Å². The van der Waals surface area contributed by atoms with Crippen LogP contribution in [0.4, 0.5) is 11.4 Å². The number of aromatic carboxylic acids is 1. The van der Waals surface area contributed by atoms with Gasteiger partial charge in [-0.15, -0.1) is 4.40 Å². The highest BCUT2D eigenvalue weighted by Crippen LogP contribution is 2.39. The maximum absolute atomic E-state index is 12.7. The van der Waals surface area contributed by atoms with E-state index in [0.717, 1.165) is 18.8 Å². The molecule has 0 unspecified atom stereocenters. The van der Waals surface area contributed by atoms with Crippen molar-refractivity contribution in [1.29, 1.82) is 0 Å². The highest BCUT2D eigenvalue weighted by atomic mass is 32.2. The van der Waals surface area contributed by atoms with E-state index in [2.05, 4.69) is 9.71 Å². The number of carbonyl (C=O) groups is 2. The molecule has 0 spiro atoms. The summed E-state index contributed by atoms with van der Waals surface area (Å²) in [5, 5.41) is 12.3. The number of fused-ring (bicyclic) bond motifs is 1. The average Bonchev–Trinajstić information content (AvgIpc) is 2.59. The van der Waals surface area contributed by atoms with Crippen LogP contribution in [0, 0.1) is 0 Å². The summed E-state index contributed by atoms with van der Waals surface area (Å²) in [6, 6.07) is 1.74. The van der Waals surface area contributed by atoms with Gasteiger partial charge in [-0.25, -0.2) is 4.79 Å². The Hall–Kier alpha value is -2.62. The summed E-state index contributed by atoms with van der Waals surface area (Å²) in [6.07, 6.45) is 2.66. The van der Waals surface area contributed by atoms with Gasteiger partial charge in [0.05, 0.1) is 16.9 Å². The average molecular weight is 396 g/mol. The lowest BCUT2D eigenvalue weighted by molar-refractivity contribution is -0.119. The van der Waals surface area contributed by atoms with E-state index >= 15 is 0 Å². The normalized spacial score (nSPS) is 17.0. The zero-order valence-corrected chi connectivity index (χ0v) is 16.6. The molecule has 0 bridgehead atoms. The summed E-state index contributed by atoms with van der Waals surface area (Å²) in [6.45, 7) is 3.98. The first-order valence-corrected chi connectivity index (χ1v) is 9.98. The SMILES string of the molecule is CCCCN1C(=O)[C@@H](C)Nc2c1cc(C(=O)O)cc2S(=O)(=O)/N=C/N(C)C. The molecule has 0 aliphatic carbocycles. The molecule has 10 heteroatoms. The monoisotopic (exact) mass is 396 g/mol. The molecule has 1 aliphatic rings. The van der Waals surface area contributed by atoms with Crippen molar-refractivity contribution in [3.05, 3.63) is 17.7 Å². The fourth-order valence-electron chi connectivity index (χ4n) is 2.68. The molecule has 1 aromatic carbocycles. The molecule has 1 aliphatic heterocycles. The molecular weight excluding hydrogens is 372 g/mol. The molecule has 1 aromatic rings. The van der Waals surface area contributed by atoms with Crippen molar-refractivity contribution in [2.24, 2.45) is 4.40 Å². The Labute approximate surface area is 158 Å². The van der Waals surface area contributed by atoms with Crippen molar-refractivity contribution in [3.8, 4) is 0 Å². The number of carboxylic acids is 1. The van der Waals surface area contributed by atoms with Crippen LogP contribution < -0.4 is 10.2 Å². The number of carbonyl (C=O) groups excluding carboxylic acids is 1. The number of rotatable bonds is 7. The Morgan fingerprint density at radius 2 is 2.07 bits per heavy atom. The minimum Gasteiger partial charge on any atom is -0.478 e. The van der Waals surface area contributed by atoms with Gasteiger partial charge < -0.3 is 20.2 Å². The number of amides is 1. The first kappa shape index (κ1) is 20.7. The van der Waals surface area contributed by atoms with Gasteiger partial charge in [-0.1, -0.05) is 13.3 Å². The van der Waals surface area contributed by atoms with E-state index in [1.807, 2.05) is 6.92 Å². The van der Waals surface area contributed by atoms with Crippen LogP contribution in [0.5, 0.6) is 0 Å². The van der Waals surface area contributed by atoms with Gasteiger partial charge in [-0.3, -0.25) is 4.79 Å². The maximum atomic E-state index is 12.7. The lowest BCUT2D eigenvalue weighted by Crippen LogP contribution is -2.46. The van der Waals surface area contributed by atoms with Crippen molar-refractivity contribution in [3.63, 3.8) is 0 Å². The van der Waals surface area contributed by atoms with Crippen molar-refractivity contribution < 1.29 is 23.1 Å². The molecule has 1 atom stereocenters. The fourth-order valence-corrected chi connectivity index (χ4v) is 3.80. The number of nitrogens with one attached hydrogen (secondary N) is 1. The Balaban J connectivity index is 2.72. The summed E-state index contributed by atoms with van der Waals surface area (Å²) < 4.78 is 29.1. The zero-order chi connectivity index (χ0) is 20.4. The van der Waals surface area contributed by atoms with E-state index < -0.39 is 22.0 Å².